The monoisotopic (exact) mass is 263 g/mol. The third-order valence-electron chi connectivity index (χ3n) is 2.46. The molecule has 0 aliphatic carbocycles. The number of aromatic hydroxyl groups is 2. The summed E-state index contributed by atoms with van der Waals surface area (Å²) in [4.78, 5) is 15.8. The fourth-order valence-electron chi connectivity index (χ4n) is 1.54. The molecule has 3 N–H and O–H groups in total. The second-order valence-corrected chi connectivity index (χ2v) is 3.91. The number of amides is 1. The van der Waals surface area contributed by atoms with Gasteiger partial charge in [-0.05, 0) is 12.1 Å². The van der Waals surface area contributed by atoms with Crippen LogP contribution in [-0.4, -0.2) is 32.8 Å². The van der Waals surface area contributed by atoms with Crippen LogP contribution in [0.4, 0.5) is 0 Å². The molecule has 1 amide bonds. The standard InChI is InChI=1S/C12H13N3O4/c1-7-14-10(15-19-7)5-6-13-12(18)8-3-2-4-9(16)11(8)17/h2-4,16-17H,5-6H2,1H3,(H,13,18). The van der Waals surface area contributed by atoms with E-state index in [-0.39, 0.29) is 11.3 Å². The van der Waals surface area contributed by atoms with E-state index < -0.39 is 11.7 Å². The number of rotatable bonds is 4. The molecule has 0 fully saturated rings. The minimum atomic E-state index is -0.478. The number of phenols is 2. The number of phenolic OH excluding ortho intramolecular Hbond substituents is 2. The molecule has 0 saturated carbocycles. The van der Waals surface area contributed by atoms with Crippen molar-refractivity contribution >= 4 is 5.91 Å². The van der Waals surface area contributed by atoms with Crippen LogP contribution in [-0.2, 0) is 6.42 Å². The Morgan fingerprint density at radius 3 is 2.89 bits per heavy atom. The molecule has 100 valence electrons. The highest BCUT2D eigenvalue weighted by Gasteiger charge is 2.13. The lowest BCUT2D eigenvalue weighted by molar-refractivity contribution is 0.0950. The van der Waals surface area contributed by atoms with Crippen molar-refractivity contribution in [2.45, 2.75) is 13.3 Å². The van der Waals surface area contributed by atoms with Crippen LogP contribution in [0.15, 0.2) is 22.7 Å². The molecule has 1 heterocycles. The molecular formula is C12H13N3O4. The summed E-state index contributed by atoms with van der Waals surface area (Å²) in [6, 6.07) is 4.20. The van der Waals surface area contributed by atoms with Crippen molar-refractivity contribution in [3.63, 3.8) is 0 Å². The molecule has 1 aromatic carbocycles. The molecule has 0 bridgehead atoms. The second-order valence-electron chi connectivity index (χ2n) is 3.91. The molecule has 2 aromatic rings. The van der Waals surface area contributed by atoms with Crippen LogP contribution in [0.25, 0.3) is 0 Å². The zero-order valence-electron chi connectivity index (χ0n) is 10.3. The third-order valence-corrected chi connectivity index (χ3v) is 2.46. The van der Waals surface area contributed by atoms with Crippen molar-refractivity contribution in [3.8, 4) is 11.5 Å². The molecule has 0 aliphatic rings. The zero-order chi connectivity index (χ0) is 13.8. The Labute approximate surface area is 108 Å². The Balaban J connectivity index is 1.93. The highest BCUT2D eigenvalue weighted by molar-refractivity contribution is 5.97. The van der Waals surface area contributed by atoms with Gasteiger partial charge in [0, 0.05) is 19.9 Å². The Hall–Kier alpha value is -2.57. The summed E-state index contributed by atoms with van der Waals surface area (Å²) in [6.45, 7) is 1.98. The largest absolute Gasteiger partial charge is 0.504 e. The fourth-order valence-corrected chi connectivity index (χ4v) is 1.54. The Morgan fingerprint density at radius 1 is 1.42 bits per heavy atom. The number of nitrogens with zero attached hydrogens (tertiary/aromatic N) is 2. The summed E-state index contributed by atoms with van der Waals surface area (Å²) < 4.78 is 4.79. The van der Waals surface area contributed by atoms with Gasteiger partial charge in [0.15, 0.2) is 17.3 Å². The van der Waals surface area contributed by atoms with Gasteiger partial charge in [0.05, 0.1) is 5.56 Å². The number of carbonyl (C=O) groups excluding carboxylic acids is 1. The number of aryl methyl sites for hydroxylation is 1. The lowest BCUT2D eigenvalue weighted by Crippen LogP contribution is -2.26. The Bertz CT molecular complexity index is 594. The van der Waals surface area contributed by atoms with E-state index in [0.717, 1.165) is 0 Å². The van der Waals surface area contributed by atoms with Crippen molar-refractivity contribution < 1.29 is 19.5 Å². The van der Waals surface area contributed by atoms with Crippen LogP contribution < -0.4 is 5.32 Å². The van der Waals surface area contributed by atoms with E-state index in [1.54, 1.807) is 6.92 Å². The number of carbonyl (C=O) groups is 1. The van der Waals surface area contributed by atoms with Crippen LogP contribution in [0.2, 0.25) is 0 Å². The molecule has 7 heteroatoms. The molecule has 0 aliphatic heterocycles. The molecule has 0 unspecified atom stereocenters. The van der Waals surface area contributed by atoms with Gasteiger partial charge in [0.25, 0.3) is 5.91 Å². The zero-order valence-corrected chi connectivity index (χ0v) is 10.3. The summed E-state index contributed by atoms with van der Waals surface area (Å²) in [5.41, 5.74) is 0.0179. The fraction of sp³-hybridized carbons (Fsp3) is 0.250. The van der Waals surface area contributed by atoms with Crippen LogP contribution in [0.1, 0.15) is 22.1 Å². The van der Waals surface area contributed by atoms with E-state index in [2.05, 4.69) is 15.5 Å². The third kappa shape index (κ3) is 3.01. The maximum atomic E-state index is 11.8. The molecule has 0 atom stereocenters. The van der Waals surface area contributed by atoms with E-state index in [0.29, 0.717) is 24.7 Å². The maximum absolute atomic E-state index is 11.8. The maximum Gasteiger partial charge on any atom is 0.255 e. The summed E-state index contributed by atoms with van der Waals surface area (Å²) in [7, 11) is 0. The van der Waals surface area contributed by atoms with Gasteiger partial charge in [-0.25, -0.2) is 0 Å². The van der Waals surface area contributed by atoms with Gasteiger partial charge in [-0.1, -0.05) is 11.2 Å². The summed E-state index contributed by atoms with van der Waals surface area (Å²) in [6.07, 6.45) is 0.419. The molecule has 2 rings (SSSR count). The summed E-state index contributed by atoms with van der Waals surface area (Å²) in [5.74, 6) is -0.282. The summed E-state index contributed by atoms with van der Waals surface area (Å²) >= 11 is 0. The number of nitrogens with one attached hydrogen (secondary N) is 1. The second kappa shape index (κ2) is 5.38. The van der Waals surface area contributed by atoms with Gasteiger partial charge in [-0.15, -0.1) is 0 Å². The van der Waals surface area contributed by atoms with Crippen molar-refractivity contribution in [2.24, 2.45) is 0 Å². The van der Waals surface area contributed by atoms with E-state index in [1.807, 2.05) is 0 Å². The van der Waals surface area contributed by atoms with Crippen LogP contribution in [0, 0.1) is 6.92 Å². The molecule has 0 saturated heterocycles. The van der Waals surface area contributed by atoms with Crippen LogP contribution in [0.5, 0.6) is 11.5 Å². The predicted octanol–water partition coefficient (Wildman–Crippen LogP) is 0.762. The van der Waals surface area contributed by atoms with E-state index in [9.17, 15) is 15.0 Å². The first-order chi connectivity index (χ1) is 9.08. The summed E-state index contributed by atoms with van der Waals surface area (Å²) in [5, 5.41) is 25.1. The molecule has 0 radical (unpaired) electrons. The SMILES string of the molecule is Cc1nc(CCNC(=O)c2cccc(O)c2O)no1. The quantitative estimate of drug-likeness (QED) is 0.703. The lowest BCUT2D eigenvalue weighted by Gasteiger charge is -2.06. The van der Waals surface area contributed by atoms with E-state index >= 15 is 0 Å². The topological polar surface area (TPSA) is 108 Å². The Kier molecular flexibility index (Phi) is 3.65. The van der Waals surface area contributed by atoms with Gasteiger partial charge < -0.3 is 20.1 Å². The molecule has 1 aromatic heterocycles. The van der Waals surface area contributed by atoms with Gasteiger partial charge in [-0.3, -0.25) is 4.79 Å². The van der Waals surface area contributed by atoms with Gasteiger partial charge >= 0.3 is 0 Å². The molecular weight excluding hydrogens is 250 g/mol. The highest BCUT2D eigenvalue weighted by atomic mass is 16.5. The minimum Gasteiger partial charge on any atom is -0.504 e. The number of hydrogen-bond acceptors (Lipinski definition) is 6. The average molecular weight is 263 g/mol. The van der Waals surface area contributed by atoms with Crippen molar-refractivity contribution in [1.29, 1.82) is 0 Å². The van der Waals surface area contributed by atoms with Gasteiger partial charge in [0.2, 0.25) is 5.89 Å². The van der Waals surface area contributed by atoms with Crippen molar-refractivity contribution in [2.75, 3.05) is 6.54 Å². The smallest absolute Gasteiger partial charge is 0.255 e. The first kappa shape index (κ1) is 12.9. The van der Waals surface area contributed by atoms with E-state index in [1.165, 1.54) is 18.2 Å². The first-order valence-corrected chi connectivity index (χ1v) is 5.66. The average Bonchev–Trinajstić information content (AvgIpc) is 2.78. The Morgan fingerprint density at radius 2 is 2.21 bits per heavy atom. The number of aromatic nitrogens is 2. The van der Waals surface area contributed by atoms with Gasteiger partial charge in [-0.2, -0.15) is 4.98 Å². The highest BCUT2D eigenvalue weighted by Crippen LogP contribution is 2.27. The number of benzene rings is 1. The minimum absolute atomic E-state index is 0.0179. The normalized spacial score (nSPS) is 10.4. The molecule has 7 nitrogen and oxygen atoms in total. The number of hydrogen-bond donors (Lipinski definition) is 3. The first-order valence-electron chi connectivity index (χ1n) is 5.66. The van der Waals surface area contributed by atoms with Crippen LogP contribution in [0.3, 0.4) is 0 Å². The van der Waals surface area contributed by atoms with Crippen molar-refractivity contribution in [1.82, 2.24) is 15.5 Å². The van der Waals surface area contributed by atoms with Crippen LogP contribution >= 0.6 is 0 Å². The molecule has 19 heavy (non-hydrogen) atoms. The lowest BCUT2D eigenvalue weighted by atomic mass is 10.1. The van der Waals surface area contributed by atoms with Gasteiger partial charge in [0.1, 0.15) is 0 Å². The van der Waals surface area contributed by atoms with E-state index in [4.69, 9.17) is 4.52 Å². The predicted molar refractivity (Wildman–Crippen MR) is 64.8 cm³/mol. The number of para-hydroxylation sites is 1. The molecule has 0 spiro atoms. The van der Waals surface area contributed by atoms with Crippen molar-refractivity contribution in [3.05, 3.63) is 35.5 Å².